The highest BCUT2D eigenvalue weighted by Crippen LogP contribution is 2.15. The Bertz CT molecular complexity index is 669. The standard InChI is InChI=1S/C19H19NO2/c1-22-18-12-6-5-10-17(18)11-7-15-20-19(21)14-13-16-8-3-2-4-9-16/h2-6,8-10,12H,13-15H2,1H3,(H,20,21). The number of methoxy groups -OCH3 is 1. The molecule has 0 heterocycles. The molecular weight excluding hydrogens is 274 g/mol. The number of hydrogen-bond acceptors (Lipinski definition) is 2. The maximum Gasteiger partial charge on any atom is 0.221 e. The van der Waals surface area contributed by atoms with E-state index >= 15 is 0 Å². The zero-order valence-electron chi connectivity index (χ0n) is 12.6. The largest absolute Gasteiger partial charge is 0.495 e. The summed E-state index contributed by atoms with van der Waals surface area (Å²) in [4.78, 5) is 11.7. The molecule has 0 saturated carbocycles. The third kappa shape index (κ3) is 4.99. The summed E-state index contributed by atoms with van der Waals surface area (Å²) in [6.07, 6.45) is 1.22. The number of carbonyl (C=O) groups excluding carboxylic acids is 1. The summed E-state index contributed by atoms with van der Waals surface area (Å²) in [6, 6.07) is 17.5. The average Bonchev–Trinajstić information content (AvgIpc) is 2.58. The van der Waals surface area contributed by atoms with Crippen molar-refractivity contribution in [3.05, 3.63) is 65.7 Å². The molecule has 22 heavy (non-hydrogen) atoms. The lowest BCUT2D eigenvalue weighted by Gasteiger charge is -2.02. The van der Waals surface area contributed by atoms with Crippen molar-refractivity contribution in [1.29, 1.82) is 0 Å². The minimum Gasteiger partial charge on any atom is -0.495 e. The quantitative estimate of drug-likeness (QED) is 0.861. The van der Waals surface area contributed by atoms with Crippen LogP contribution < -0.4 is 10.1 Å². The Balaban J connectivity index is 1.77. The molecule has 0 saturated heterocycles. The van der Waals surface area contributed by atoms with Crippen LogP contribution in [0.25, 0.3) is 0 Å². The summed E-state index contributed by atoms with van der Waals surface area (Å²) in [6.45, 7) is 0.339. The molecule has 0 unspecified atom stereocenters. The van der Waals surface area contributed by atoms with E-state index in [1.807, 2.05) is 54.6 Å². The van der Waals surface area contributed by atoms with E-state index < -0.39 is 0 Å². The van der Waals surface area contributed by atoms with Crippen LogP contribution in [0, 0.1) is 11.8 Å². The van der Waals surface area contributed by atoms with Gasteiger partial charge in [0.05, 0.1) is 19.2 Å². The molecule has 0 aromatic heterocycles. The van der Waals surface area contributed by atoms with Gasteiger partial charge < -0.3 is 10.1 Å². The number of aryl methyl sites for hydroxylation is 1. The second-order valence-corrected chi connectivity index (χ2v) is 4.76. The Morgan fingerprint density at radius 2 is 1.82 bits per heavy atom. The van der Waals surface area contributed by atoms with E-state index in [0.29, 0.717) is 13.0 Å². The van der Waals surface area contributed by atoms with Gasteiger partial charge in [0.15, 0.2) is 0 Å². The molecule has 2 aromatic carbocycles. The van der Waals surface area contributed by atoms with Gasteiger partial charge in [-0.25, -0.2) is 0 Å². The fraction of sp³-hybridized carbons (Fsp3) is 0.211. The van der Waals surface area contributed by atoms with E-state index in [1.54, 1.807) is 7.11 Å². The number of carbonyl (C=O) groups is 1. The van der Waals surface area contributed by atoms with Gasteiger partial charge in [0.2, 0.25) is 5.91 Å². The molecule has 0 atom stereocenters. The molecule has 1 N–H and O–H groups in total. The number of nitrogens with one attached hydrogen (secondary N) is 1. The van der Waals surface area contributed by atoms with Crippen LogP contribution in [0.1, 0.15) is 17.5 Å². The van der Waals surface area contributed by atoms with Crippen LogP contribution in [0.2, 0.25) is 0 Å². The first-order chi connectivity index (χ1) is 10.8. The highest BCUT2D eigenvalue weighted by atomic mass is 16.5. The fourth-order valence-electron chi connectivity index (χ4n) is 2.02. The van der Waals surface area contributed by atoms with Gasteiger partial charge in [-0.1, -0.05) is 54.3 Å². The van der Waals surface area contributed by atoms with Crippen molar-refractivity contribution >= 4 is 5.91 Å². The highest BCUT2D eigenvalue weighted by molar-refractivity contribution is 5.76. The summed E-state index contributed by atoms with van der Waals surface area (Å²) in [7, 11) is 1.62. The van der Waals surface area contributed by atoms with Crippen molar-refractivity contribution in [3.63, 3.8) is 0 Å². The maximum atomic E-state index is 11.7. The topological polar surface area (TPSA) is 38.3 Å². The molecule has 0 bridgehead atoms. The van der Waals surface area contributed by atoms with Crippen LogP contribution >= 0.6 is 0 Å². The van der Waals surface area contributed by atoms with E-state index in [4.69, 9.17) is 4.74 Å². The van der Waals surface area contributed by atoms with E-state index in [9.17, 15) is 4.79 Å². The van der Waals surface area contributed by atoms with Gasteiger partial charge in [-0.15, -0.1) is 0 Å². The number of ether oxygens (including phenoxy) is 1. The van der Waals surface area contributed by atoms with Gasteiger partial charge in [0.1, 0.15) is 5.75 Å². The monoisotopic (exact) mass is 293 g/mol. The van der Waals surface area contributed by atoms with Crippen LogP contribution in [-0.4, -0.2) is 19.6 Å². The normalized spacial score (nSPS) is 9.50. The predicted octanol–water partition coefficient (Wildman–Crippen LogP) is 2.80. The smallest absolute Gasteiger partial charge is 0.221 e. The van der Waals surface area contributed by atoms with Crippen molar-refractivity contribution in [3.8, 4) is 17.6 Å². The first kappa shape index (κ1) is 15.7. The summed E-state index contributed by atoms with van der Waals surface area (Å²) < 4.78 is 5.22. The number of hydrogen-bond donors (Lipinski definition) is 1. The molecule has 2 aromatic rings. The van der Waals surface area contributed by atoms with Crippen LogP contribution in [0.5, 0.6) is 5.75 Å². The van der Waals surface area contributed by atoms with Gasteiger partial charge in [-0.05, 0) is 24.1 Å². The minimum atomic E-state index is 0.0122. The zero-order valence-corrected chi connectivity index (χ0v) is 12.6. The lowest BCUT2D eigenvalue weighted by molar-refractivity contribution is -0.120. The molecule has 0 spiro atoms. The van der Waals surface area contributed by atoms with Crippen molar-refractivity contribution in [1.82, 2.24) is 5.32 Å². The lowest BCUT2D eigenvalue weighted by atomic mass is 10.1. The Kier molecular flexibility index (Phi) is 6.07. The van der Waals surface area contributed by atoms with E-state index in [-0.39, 0.29) is 5.91 Å². The SMILES string of the molecule is COc1ccccc1C#CCNC(=O)CCc1ccccc1. The molecule has 0 radical (unpaired) electrons. The molecule has 0 aliphatic heterocycles. The Morgan fingerprint density at radius 1 is 1.09 bits per heavy atom. The Morgan fingerprint density at radius 3 is 2.59 bits per heavy atom. The van der Waals surface area contributed by atoms with Crippen LogP contribution in [0.15, 0.2) is 54.6 Å². The lowest BCUT2D eigenvalue weighted by Crippen LogP contribution is -2.23. The number of para-hydroxylation sites is 1. The summed E-state index contributed by atoms with van der Waals surface area (Å²) in [5, 5.41) is 2.81. The van der Waals surface area contributed by atoms with E-state index in [1.165, 1.54) is 0 Å². The van der Waals surface area contributed by atoms with Crippen LogP contribution in [0.4, 0.5) is 0 Å². The van der Waals surface area contributed by atoms with Crippen LogP contribution in [0.3, 0.4) is 0 Å². The van der Waals surface area contributed by atoms with Crippen molar-refractivity contribution in [2.24, 2.45) is 0 Å². The molecule has 112 valence electrons. The molecule has 2 rings (SSSR count). The van der Waals surface area contributed by atoms with Gasteiger partial charge in [-0.2, -0.15) is 0 Å². The number of rotatable bonds is 5. The predicted molar refractivity (Wildman–Crippen MR) is 87.6 cm³/mol. The minimum absolute atomic E-state index is 0.0122. The first-order valence-electron chi connectivity index (χ1n) is 7.22. The highest BCUT2D eigenvalue weighted by Gasteiger charge is 2.00. The Labute approximate surface area is 131 Å². The molecule has 3 heteroatoms. The van der Waals surface area contributed by atoms with Gasteiger partial charge in [-0.3, -0.25) is 4.79 Å². The molecule has 0 aliphatic rings. The van der Waals surface area contributed by atoms with Crippen molar-refractivity contribution in [2.75, 3.05) is 13.7 Å². The van der Waals surface area contributed by atoms with Gasteiger partial charge in [0.25, 0.3) is 0 Å². The summed E-state index contributed by atoms with van der Waals surface area (Å²) >= 11 is 0. The molecule has 0 aliphatic carbocycles. The third-order valence-corrected chi connectivity index (χ3v) is 3.19. The summed E-state index contributed by atoms with van der Waals surface area (Å²) in [5.41, 5.74) is 1.99. The van der Waals surface area contributed by atoms with E-state index in [2.05, 4.69) is 17.2 Å². The Hall–Kier alpha value is -2.73. The zero-order chi connectivity index (χ0) is 15.6. The number of benzene rings is 2. The molecule has 3 nitrogen and oxygen atoms in total. The molecule has 1 amide bonds. The number of amides is 1. The maximum absolute atomic E-state index is 11.7. The molecule has 0 fully saturated rings. The van der Waals surface area contributed by atoms with Crippen molar-refractivity contribution < 1.29 is 9.53 Å². The third-order valence-electron chi connectivity index (χ3n) is 3.19. The van der Waals surface area contributed by atoms with Crippen molar-refractivity contribution in [2.45, 2.75) is 12.8 Å². The summed E-state index contributed by atoms with van der Waals surface area (Å²) in [5.74, 6) is 6.70. The fourth-order valence-corrected chi connectivity index (χ4v) is 2.02. The average molecular weight is 293 g/mol. The molecular formula is C19H19NO2. The van der Waals surface area contributed by atoms with Gasteiger partial charge in [0, 0.05) is 6.42 Å². The second-order valence-electron chi connectivity index (χ2n) is 4.76. The second kappa shape index (κ2) is 8.53. The van der Waals surface area contributed by atoms with E-state index in [0.717, 1.165) is 23.3 Å². The first-order valence-corrected chi connectivity index (χ1v) is 7.22. The van der Waals surface area contributed by atoms with Crippen LogP contribution in [-0.2, 0) is 11.2 Å². The van der Waals surface area contributed by atoms with Gasteiger partial charge >= 0.3 is 0 Å².